The largest absolute Gasteiger partial charge is 0.369 e. The standard InChI is InChI=1S/C13H17N3O2S/c1-9-6-13(12(7-14)10(2)15-9)16(3)11-4-5-19(17,18)8-11/h6,11H,4-5,8H2,1-3H3. The fraction of sp³-hybridized carbons (Fsp3) is 0.538. The maximum atomic E-state index is 11.6. The predicted molar refractivity (Wildman–Crippen MR) is 73.9 cm³/mol. The summed E-state index contributed by atoms with van der Waals surface area (Å²) in [6, 6.07) is 3.95. The van der Waals surface area contributed by atoms with Crippen LogP contribution in [-0.4, -0.2) is 38.0 Å². The van der Waals surface area contributed by atoms with E-state index in [4.69, 9.17) is 0 Å². The molecule has 2 rings (SSSR count). The normalized spacial score (nSPS) is 21.1. The molecule has 1 fully saturated rings. The third-order valence-electron chi connectivity index (χ3n) is 3.56. The van der Waals surface area contributed by atoms with Crippen LogP contribution in [0.3, 0.4) is 0 Å². The summed E-state index contributed by atoms with van der Waals surface area (Å²) >= 11 is 0. The van der Waals surface area contributed by atoms with Crippen LogP contribution in [0.15, 0.2) is 6.07 Å². The van der Waals surface area contributed by atoms with E-state index in [1.807, 2.05) is 24.9 Å². The van der Waals surface area contributed by atoms with Crippen molar-refractivity contribution in [1.82, 2.24) is 4.98 Å². The molecular formula is C13H17N3O2S. The molecule has 1 aromatic rings. The van der Waals surface area contributed by atoms with E-state index >= 15 is 0 Å². The lowest BCUT2D eigenvalue weighted by atomic mass is 10.1. The molecule has 0 aliphatic carbocycles. The molecule has 1 aromatic heterocycles. The number of aryl methyl sites for hydroxylation is 2. The van der Waals surface area contributed by atoms with Gasteiger partial charge < -0.3 is 4.90 Å². The highest BCUT2D eigenvalue weighted by Crippen LogP contribution is 2.27. The number of sulfone groups is 1. The van der Waals surface area contributed by atoms with Crippen molar-refractivity contribution in [2.24, 2.45) is 0 Å². The zero-order valence-corrected chi connectivity index (χ0v) is 12.2. The van der Waals surface area contributed by atoms with Crippen LogP contribution in [-0.2, 0) is 9.84 Å². The number of hydrogen-bond donors (Lipinski definition) is 0. The topological polar surface area (TPSA) is 74.1 Å². The van der Waals surface area contributed by atoms with E-state index in [-0.39, 0.29) is 17.5 Å². The van der Waals surface area contributed by atoms with Crippen LogP contribution in [0.1, 0.15) is 23.4 Å². The summed E-state index contributed by atoms with van der Waals surface area (Å²) in [5, 5.41) is 9.25. The van der Waals surface area contributed by atoms with Gasteiger partial charge in [0.1, 0.15) is 6.07 Å². The van der Waals surface area contributed by atoms with E-state index in [1.165, 1.54) is 0 Å². The molecular weight excluding hydrogens is 262 g/mol. The third-order valence-corrected chi connectivity index (χ3v) is 5.31. The number of anilines is 1. The first-order valence-electron chi connectivity index (χ1n) is 6.15. The summed E-state index contributed by atoms with van der Waals surface area (Å²) in [4.78, 5) is 6.18. The summed E-state index contributed by atoms with van der Waals surface area (Å²) in [6.45, 7) is 3.67. The van der Waals surface area contributed by atoms with E-state index < -0.39 is 9.84 Å². The predicted octanol–water partition coefficient (Wildman–Crippen LogP) is 1.19. The van der Waals surface area contributed by atoms with Crippen molar-refractivity contribution in [3.63, 3.8) is 0 Å². The minimum absolute atomic E-state index is 0.0571. The quantitative estimate of drug-likeness (QED) is 0.813. The molecule has 1 aliphatic rings. The Hall–Kier alpha value is -1.61. The Balaban J connectivity index is 2.40. The molecule has 0 saturated carbocycles. The minimum atomic E-state index is -2.93. The molecule has 0 amide bonds. The number of hydrogen-bond acceptors (Lipinski definition) is 5. The van der Waals surface area contributed by atoms with Gasteiger partial charge in [-0.25, -0.2) is 8.42 Å². The summed E-state index contributed by atoms with van der Waals surface area (Å²) < 4.78 is 23.1. The van der Waals surface area contributed by atoms with Gasteiger partial charge in [0, 0.05) is 18.8 Å². The maximum Gasteiger partial charge on any atom is 0.152 e. The summed E-state index contributed by atoms with van der Waals surface area (Å²) in [5.74, 6) is 0.391. The van der Waals surface area contributed by atoms with Gasteiger partial charge in [0.2, 0.25) is 0 Å². The van der Waals surface area contributed by atoms with Crippen LogP contribution in [0, 0.1) is 25.2 Å². The van der Waals surface area contributed by atoms with Crippen LogP contribution < -0.4 is 4.90 Å². The van der Waals surface area contributed by atoms with Crippen molar-refractivity contribution in [3.05, 3.63) is 23.0 Å². The van der Waals surface area contributed by atoms with Gasteiger partial charge in [-0.05, 0) is 26.3 Å². The van der Waals surface area contributed by atoms with Crippen molar-refractivity contribution in [3.8, 4) is 6.07 Å². The third kappa shape index (κ3) is 2.71. The first-order chi connectivity index (χ1) is 8.84. The van der Waals surface area contributed by atoms with E-state index in [0.29, 0.717) is 17.7 Å². The molecule has 0 aromatic carbocycles. The number of aromatic nitrogens is 1. The average Bonchev–Trinajstić information content (AvgIpc) is 2.68. The molecule has 0 radical (unpaired) electrons. The number of nitrogens with zero attached hydrogens (tertiary/aromatic N) is 3. The second kappa shape index (κ2) is 4.82. The smallest absolute Gasteiger partial charge is 0.152 e. The highest BCUT2D eigenvalue weighted by atomic mass is 32.2. The van der Waals surface area contributed by atoms with E-state index in [2.05, 4.69) is 11.1 Å². The molecule has 1 aliphatic heterocycles. The molecule has 1 atom stereocenters. The zero-order chi connectivity index (χ0) is 14.2. The molecule has 19 heavy (non-hydrogen) atoms. The van der Waals surface area contributed by atoms with Crippen molar-refractivity contribution < 1.29 is 8.42 Å². The molecule has 5 nitrogen and oxygen atoms in total. The van der Waals surface area contributed by atoms with Gasteiger partial charge in [-0.3, -0.25) is 4.98 Å². The second-order valence-corrected chi connectivity index (χ2v) is 7.25. The molecule has 1 unspecified atom stereocenters. The van der Waals surface area contributed by atoms with Gasteiger partial charge in [0.05, 0.1) is 28.5 Å². The Morgan fingerprint density at radius 1 is 1.47 bits per heavy atom. The van der Waals surface area contributed by atoms with Gasteiger partial charge in [-0.15, -0.1) is 0 Å². The Kier molecular flexibility index (Phi) is 3.50. The highest BCUT2D eigenvalue weighted by Gasteiger charge is 2.31. The molecule has 1 saturated heterocycles. The SMILES string of the molecule is Cc1cc(N(C)C2CCS(=O)(=O)C2)c(C#N)c(C)n1. The van der Waals surface area contributed by atoms with E-state index in [9.17, 15) is 13.7 Å². The van der Waals surface area contributed by atoms with Crippen LogP contribution >= 0.6 is 0 Å². The van der Waals surface area contributed by atoms with Crippen molar-refractivity contribution in [2.45, 2.75) is 26.3 Å². The van der Waals surface area contributed by atoms with Gasteiger partial charge >= 0.3 is 0 Å². The molecule has 102 valence electrons. The van der Waals surface area contributed by atoms with Gasteiger partial charge in [0.25, 0.3) is 0 Å². The van der Waals surface area contributed by atoms with E-state index in [0.717, 1.165) is 11.4 Å². The number of rotatable bonds is 2. The highest BCUT2D eigenvalue weighted by molar-refractivity contribution is 7.91. The minimum Gasteiger partial charge on any atom is -0.369 e. The summed E-state index contributed by atoms with van der Waals surface area (Å²) in [6.07, 6.45) is 0.615. The Morgan fingerprint density at radius 2 is 2.16 bits per heavy atom. The Morgan fingerprint density at radius 3 is 2.68 bits per heavy atom. The first-order valence-corrected chi connectivity index (χ1v) is 7.98. The fourth-order valence-electron chi connectivity index (χ4n) is 2.50. The average molecular weight is 279 g/mol. The summed E-state index contributed by atoms with van der Waals surface area (Å²) in [5.41, 5.74) is 2.82. The lowest BCUT2D eigenvalue weighted by Crippen LogP contribution is -2.33. The molecule has 0 bridgehead atoms. The van der Waals surface area contributed by atoms with Crippen molar-refractivity contribution in [1.29, 1.82) is 5.26 Å². The Labute approximate surface area is 113 Å². The van der Waals surface area contributed by atoms with Crippen LogP contribution in [0.2, 0.25) is 0 Å². The van der Waals surface area contributed by atoms with Gasteiger partial charge in [0.15, 0.2) is 9.84 Å². The Bertz CT molecular complexity index is 647. The van der Waals surface area contributed by atoms with E-state index in [1.54, 1.807) is 6.92 Å². The van der Waals surface area contributed by atoms with Crippen LogP contribution in [0.5, 0.6) is 0 Å². The van der Waals surface area contributed by atoms with Gasteiger partial charge in [-0.1, -0.05) is 0 Å². The molecule has 0 N–H and O–H groups in total. The maximum absolute atomic E-state index is 11.6. The molecule has 6 heteroatoms. The number of nitriles is 1. The zero-order valence-electron chi connectivity index (χ0n) is 11.3. The monoisotopic (exact) mass is 279 g/mol. The molecule has 0 spiro atoms. The fourth-order valence-corrected chi connectivity index (χ4v) is 4.28. The van der Waals surface area contributed by atoms with Crippen molar-refractivity contribution in [2.75, 3.05) is 23.5 Å². The van der Waals surface area contributed by atoms with Crippen LogP contribution in [0.4, 0.5) is 5.69 Å². The first kappa shape index (κ1) is 13.8. The second-order valence-electron chi connectivity index (χ2n) is 5.02. The van der Waals surface area contributed by atoms with Gasteiger partial charge in [-0.2, -0.15) is 5.26 Å². The molecule has 2 heterocycles. The summed E-state index contributed by atoms with van der Waals surface area (Å²) in [7, 11) is -1.08. The van der Waals surface area contributed by atoms with Crippen LogP contribution in [0.25, 0.3) is 0 Å². The lowest BCUT2D eigenvalue weighted by Gasteiger charge is -2.27. The number of pyridine rings is 1. The lowest BCUT2D eigenvalue weighted by molar-refractivity contribution is 0.601. The van der Waals surface area contributed by atoms with Crippen molar-refractivity contribution >= 4 is 15.5 Å².